The van der Waals surface area contributed by atoms with Crippen LogP contribution in [0.2, 0.25) is 0 Å². The second kappa shape index (κ2) is 5.76. The third-order valence-electron chi connectivity index (χ3n) is 2.04. The first-order valence-corrected chi connectivity index (χ1v) is 8.99. The number of rotatable bonds is 6. The lowest BCUT2D eigenvalue weighted by Crippen LogP contribution is -2.35. The van der Waals surface area contributed by atoms with Crippen LogP contribution in [0.25, 0.3) is 0 Å². The second-order valence-corrected chi connectivity index (χ2v) is 7.75. The van der Waals surface area contributed by atoms with Crippen molar-refractivity contribution in [1.82, 2.24) is 0 Å². The SMILES string of the molecule is CS(=O)(=O)N(c1ccc(OCCN)cc1)S(C)(=O)=O. The summed E-state index contributed by atoms with van der Waals surface area (Å²) in [7, 11) is -7.84. The fraction of sp³-hybridized carbons (Fsp3) is 0.400. The molecule has 0 aromatic heterocycles. The van der Waals surface area contributed by atoms with Crippen LogP contribution in [0, 0.1) is 0 Å². The zero-order valence-electron chi connectivity index (χ0n) is 10.6. The largest absolute Gasteiger partial charge is 0.492 e. The molecule has 0 unspecified atom stereocenters. The third-order valence-corrected chi connectivity index (χ3v) is 5.29. The molecule has 0 spiro atoms. The van der Waals surface area contributed by atoms with Gasteiger partial charge in [-0.05, 0) is 24.3 Å². The zero-order chi connectivity index (χ0) is 14.7. The number of ether oxygens (including phenoxy) is 1. The molecule has 2 N–H and O–H groups in total. The molecule has 0 aliphatic carbocycles. The maximum atomic E-state index is 11.5. The van der Waals surface area contributed by atoms with Crippen molar-refractivity contribution in [2.24, 2.45) is 5.73 Å². The van der Waals surface area contributed by atoms with E-state index < -0.39 is 20.0 Å². The topological polar surface area (TPSA) is 107 Å². The normalized spacial score (nSPS) is 12.2. The Balaban J connectivity index is 3.13. The summed E-state index contributed by atoms with van der Waals surface area (Å²) in [5, 5.41) is 0. The Morgan fingerprint density at radius 3 is 1.89 bits per heavy atom. The lowest BCUT2D eigenvalue weighted by Gasteiger charge is -2.19. The number of benzene rings is 1. The van der Waals surface area contributed by atoms with Crippen molar-refractivity contribution >= 4 is 25.7 Å². The molecule has 0 fully saturated rings. The molecular formula is C10H16N2O5S2. The van der Waals surface area contributed by atoms with Crippen LogP contribution in [0.1, 0.15) is 0 Å². The number of sulfonamides is 2. The minimum Gasteiger partial charge on any atom is -0.492 e. The van der Waals surface area contributed by atoms with Gasteiger partial charge in [0.2, 0.25) is 20.0 Å². The van der Waals surface area contributed by atoms with Gasteiger partial charge in [-0.2, -0.15) is 3.71 Å². The van der Waals surface area contributed by atoms with E-state index in [9.17, 15) is 16.8 Å². The molecule has 0 bridgehead atoms. The van der Waals surface area contributed by atoms with E-state index in [1.54, 1.807) is 0 Å². The van der Waals surface area contributed by atoms with Gasteiger partial charge in [-0.25, -0.2) is 16.8 Å². The van der Waals surface area contributed by atoms with Crippen LogP contribution in [0.3, 0.4) is 0 Å². The molecule has 0 atom stereocenters. The highest BCUT2D eigenvalue weighted by atomic mass is 32.3. The highest BCUT2D eigenvalue weighted by molar-refractivity contribution is 8.09. The molecule has 9 heteroatoms. The minimum atomic E-state index is -3.92. The first-order valence-electron chi connectivity index (χ1n) is 5.29. The van der Waals surface area contributed by atoms with E-state index >= 15 is 0 Å². The van der Waals surface area contributed by atoms with Gasteiger partial charge in [0.15, 0.2) is 0 Å². The van der Waals surface area contributed by atoms with Crippen molar-refractivity contribution in [2.75, 3.05) is 29.4 Å². The van der Waals surface area contributed by atoms with Crippen LogP contribution in [-0.4, -0.2) is 42.5 Å². The zero-order valence-corrected chi connectivity index (χ0v) is 12.2. The smallest absolute Gasteiger partial charge is 0.245 e. The van der Waals surface area contributed by atoms with Crippen molar-refractivity contribution in [3.8, 4) is 5.75 Å². The molecule has 0 amide bonds. The molecule has 0 radical (unpaired) electrons. The first-order chi connectivity index (χ1) is 8.66. The molecule has 0 saturated carbocycles. The molecule has 1 aromatic rings. The van der Waals surface area contributed by atoms with E-state index in [-0.39, 0.29) is 5.69 Å². The summed E-state index contributed by atoms with van der Waals surface area (Å²) in [4.78, 5) is 0. The second-order valence-electron chi connectivity index (χ2n) is 3.85. The maximum absolute atomic E-state index is 11.5. The molecule has 0 aliphatic heterocycles. The number of nitrogens with two attached hydrogens (primary N) is 1. The molecule has 0 aliphatic rings. The van der Waals surface area contributed by atoms with Crippen molar-refractivity contribution in [2.45, 2.75) is 0 Å². The fourth-order valence-electron chi connectivity index (χ4n) is 1.47. The van der Waals surface area contributed by atoms with Crippen LogP contribution in [0.15, 0.2) is 24.3 Å². The Morgan fingerprint density at radius 2 is 1.53 bits per heavy atom. The summed E-state index contributed by atoms with van der Waals surface area (Å²) in [6, 6.07) is 5.67. The molecule has 1 aromatic carbocycles. The van der Waals surface area contributed by atoms with Crippen molar-refractivity contribution in [3.05, 3.63) is 24.3 Å². The van der Waals surface area contributed by atoms with Gasteiger partial charge in [-0.15, -0.1) is 0 Å². The van der Waals surface area contributed by atoms with E-state index in [4.69, 9.17) is 10.5 Å². The predicted octanol–water partition coefficient (Wildman–Crippen LogP) is -0.250. The summed E-state index contributed by atoms with van der Waals surface area (Å²) < 4.78 is 51.7. The lowest BCUT2D eigenvalue weighted by molar-refractivity contribution is 0.328. The summed E-state index contributed by atoms with van der Waals surface area (Å²) in [5.74, 6) is 0.483. The Bertz CT molecular complexity index is 590. The van der Waals surface area contributed by atoms with E-state index in [0.29, 0.717) is 22.6 Å². The molecule has 0 saturated heterocycles. The Morgan fingerprint density at radius 1 is 1.05 bits per heavy atom. The van der Waals surface area contributed by atoms with Crippen molar-refractivity contribution < 1.29 is 21.6 Å². The van der Waals surface area contributed by atoms with Gasteiger partial charge in [0.1, 0.15) is 12.4 Å². The van der Waals surface area contributed by atoms with Crippen LogP contribution < -0.4 is 14.2 Å². The van der Waals surface area contributed by atoms with Gasteiger partial charge in [0.25, 0.3) is 0 Å². The number of anilines is 1. The summed E-state index contributed by atoms with van der Waals surface area (Å²) in [6.07, 6.45) is 1.65. The Hall–Kier alpha value is -1.32. The van der Waals surface area contributed by atoms with E-state index in [1.165, 1.54) is 24.3 Å². The lowest BCUT2D eigenvalue weighted by atomic mass is 10.3. The van der Waals surface area contributed by atoms with Gasteiger partial charge in [0.05, 0.1) is 18.2 Å². The Kier molecular flexibility index (Phi) is 4.77. The molecule has 0 heterocycles. The standard InChI is InChI=1S/C10H16N2O5S2/c1-18(13,14)12(19(2,15)16)9-3-5-10(6-4-9)17-8-7-11/h3-6H,7-8,11H2,1-2H3. The maximum Gasteiger partial charge on any atom is 0.245 e. The van der Waals surface area contributed by atoms with Crippen molar-refractivity contribution in [1.29, 1.82) is 0 Å². The Labute approximate surface area is 113 Å². The number of hydrogen-bond donors (Lipinski definition) is 1. The number of hydrogen-bond acceptors (Lipinski definition) is 6. The highest BCUT2D eigenvalue weighted by Gasteiger charge is 2.26. The van der Waals surface area contributed by atoms with Gasteiger partial charge in [-0.3, -0.25) is 0 Å². The molecular weight excluding hydrogens is 292 g/mol. The number of nitrogens with zero attached hydrogens (tertiary/aromatic N) is 1. The third kappa shape index (κ3) is 4.37. The van der Waals surface area contributed by atoms with Crippen LogP contribution >= 0.6 is 0 Å². The molecule has 19 heavy (non-hydrogen) atoms. The highest BCUT2D eigenvalue weighted by Crippen LogP contribution is 2.23. The average Bonchev–Trinajstić information content (AvgIpc) is 2.24. The fourth-order valence-corrected chi connectivity index (χ4v) is 4.45. The summed E-state index contributed by atoms with van der Waals surface area (Å²) in [6.45, 7) is 0.668. The van der Waals surface area contributed by atoms with Crippen molar-refractivity contribution in [3.63, 3.8) is 0 Å². The molecule has 1 rings (SSSR count). The monoisotopic (exact) mass is 308 g/mol. The quantitative estimate of drug-likeness (QED) is 0.776. The molecule has 108 valence electrons. The van der Waals surface area contributed by atoms with E-state index in [0.717, 1.165) is 12.5 Å². The van der Waals surface area contributed by atoms with Crippen LogP contribution in [-0.2, 0) is 20.0 Å². The minimum absolute atomic E-state index is 0.0325. The summed E-state index contributed by atoms with van der Waals surface area (Å²) in [5.41, 5.74) is 5.31. The van der Waals surface area contributed by atoms with Gasteiger partial charge < -0.3 is 10.5 Å². The van der Waals surface area contributed by atoms with Gasteiger partial charge in [-0.1, -0.05) is 0 Å². The van der Waals surface area contributed by atoms with Crippen LogP contribution in [0.5, 0.6) is 5.75 Å². The first kappa shape index (κ1) is 15.7. The van der Waals surface area contributed by atoms with Crippen LogP contribution in [0.4, 0.5) is 5.69 Å². The van der Waals surface area contributed by atoms with E-state index in [2.05, 4.69) is 0 Å². The summed E-state index contributed by atoms with van der Waals surface area (Å²) >= 11 is 0. The van der Waals surface area contributed by atoms with E-state index in [1.807, 2.05) is 0 Å². The average molecular weight is 308 g/mol. The molecule has 7 nitrogen and oxygen atoms in total. The predicted molar refractivity (Wildman–Crippen MR) is 73.2 cm³/mol. The van der Waals surface area contributed by atoms with Gasteiger partial charge >= 0.3 is 0 Å². The van der Waals surface area contributed by atoms with Gasteiger partial charge in [0, 0.05) is 6.54 Å².